The molecule has 0 spiro atoms. The Balaban J connectivity index is 1.85. The molecule has 0 bridgehead atoms. The predicted molar refractivity (Wildman–Crippen MR) is 119 cm³/mol. The van der Waals surface area contributed by atoms with Gasteiger partial charge in [0.2, 0.25) is 0 Å². The van der Waals surface area contributed by atoms with E-state index in [0.717, 1.165) is 29.5 Å². The molecule has 1 N–H and O–H groups in total. The minimum absolute atomic E-state index is 0.0166. The third kappa shape index (κ3) is 3.56. The highest BCUT2D eigenvalue weighted by atomic mass is 16.3. The zero-order valence-electron chi connectivity index (χ0n) is 18.3. The van der Waals surface area contributed by atoms with Crippen LogP contribution >= 0.6 is 0 Å². The van der Waals surface area contributed by atoms with Gasteiger partial charge in [0.15, 0.2) is 0 Å². The maximum Gasteiger partial charge on any atom is 0.257 e. The number of aromatic amines is 1. The van der Waals surface area contributed by atoms with Gasteiger partial charge >= 0.3 is 0 Å². The maximum absolute atomic E-state index is 13.3. The highest BCUT2D eigenvalue weighted by molar-refractivity contribution is 6.07. The first-order valence-corrected chi connectivity index (χ1v) is 10.4. The number of amides is 1. The van der Waals surface area contributed by atoms with Crippen LogP contribution in [-0.4, -0.2) is 53.9 Å². The summed E-state index contributed by atoms with van der Waals surface area (Å²) in [5.74, 6) is -0.0166. The minimum Gasteiger partial charge on any atom is -0.463 e. The van der Waals surface area contributed by atoms with Crippen LogP contribution in [0.15, 0.2) is 45.9 Å². The molecule has 1 aliphatic rings. The lowest BCUT2D eigenvalue weighted by Gasteiger charge is -2.21. The number of furan rings is 1. The van der Waals surface area contributed by atoms with Crippen LogP contribution < -0.4 is 5.56 Å². The van der Waals surface area contributed by atoms with Crippen LogP contribution in [0.25, 0.3) is 22.1 Å². The second-order valence-electron chi connectivity index (χ2n) is 9.37. The molecule has 30 heavy (non-hydrogen) atoms. The standard InChI is InChI=1S/C24H29N3O3/c1-24(2,3)20-12-15(17-7-6-9-25-22(17)28)11-18-19(14-30-21(18)20)23(29)27-10-8-16(13-27)26(4)5/h6-7,9,11-12,14,16H,8,10,13H2,1-5H3,(H,25,28). The highest BCUT2D eigenvalue weighted by Crippen LogP contribution is 2.37. The Labute approximate surface area is 176 Å². The van der Waals surface area contributed by atoms with Crippen molar-refractivity contribution in [2.75, 3.05) is 27.2 Å². The van der Waals surface area contributed by atoms with Crippen molar-refractivity contribution in [3.05, 3.63) is 58.2 Å². The molecule has 2 aromatic heterocycles. The number of hydrogen-bond donors (Lipinski definition) is 1. The first-order valence-electron chi connectivity index (χ1n) is 10.4. The van der Waals surface area contributed by atoms with Crippen molar-refractivity contribution in [1.29, 1.82) is 0 Å². The van der Waals surface area contributed by atoms with E-state index in [-0.39, 0.29) is 16.9 Å². The van der Waals surface area contributed by atoms with E-state index in [4.69, 9.17) is 4.42 Å². The number of H-pyrrole nitrogens is 1. The van der Waals surface area contributed by atoms with Crippen molar-refractivity contribution in [3.63, 3.8) is 0 Å². The number of likely N-dealkylation sites (tertiary alicyclic amines) is 1. The zero-order valence-corrected chi connectivity index (χ0v) is 18.3. The SMILES string of the molecule is CN(C)C1CCN(C(=O)c2coc3c(C(C)(C)C)cc(-c4ccc[nH]c4=O)cc23)C1. The summed E-state index contributed by atoms with van der Waals surface area (Å²) < 4.78 is 5.94. The summed E-state index contributed by atoms with van der Waals surface area (Å²) in [6.07, 6.45) is 4.16. The Bertz CT molecular complexity index is 1150. The third-order valence-corrected chi connectivity index (χ3v) is 6.02. The van der Waals surface area contributed by atoms with Crippen molar-refractivity contribution in [2.24, 2.45) is 0 Å². The number of nitrogens with one attached hydrogen (secondary N) is 1. The fraction of sp³-hybridized carbons (Fsp3) is 0.417. The lowest BCUT2D eigenvalue weighted by Crippen LogP contribution is -2.34. The molecule has 6 heteroatoms. The summed E-state index contributed by atoms with van der Waals surface area (Å²) in [6.45, 7) is 7.76. The van der Waals surface area contributed by atoms with Crippen molar-refractivity contribution in [1.82, 2.24) is 14.8 Å². The summed E-state index contributed by atoms with van der Waals surface area (Å²) in [6, 6.07) is 7.89. The molecule has 3 aromatic rings. The normalized spacial score (nSPS) is 17.3. The Kier molecular flexibility index (Phi) is 5.06. The van der Waals surface area contributed by atoms with Gasteiger partial charge in [0.1, 0.15) is 11.8 Å². The number of carbonyl (C=O) groups excluding carboxylic acids is 1. The largest absolute Gasteiger partial charge is 0.463 e. The molecule has 0 saturated carbocycles. The highest BCUT2D eigenvalue weighted by Gasteiger charge is 2.31. The molecule has 6 nitrogen and oxygen atoms in total. The van der Waals surface area contributed by atoms with Gasteiger partial charge in [-0.1, -0.05) is 20.8 Å². The van der Waals surface area contributed by atoms with E-state index in [1.807, 2.05) is 37.2 Å². The minimum atomic E-state index is -0.211. The molecule has 1 atom stereocenters. The number of pyridine rings is 1. The van der Waals surface area contributed by atoms with Gasteiger partial charge in [-0.25, -0.2) is 0 Å². The molecule has 4 rings (SSSR count). The molecule has 1 aliphatic heterocycles. The summed E-state index contributed by atoms with van der Waals surface area (Å²) in [7, 11) is 4.09. The fourth-order valence-electron chi connectivity index (χ4n) is 4.18. The molecule has 0 aliphatic carbocycles. The summed E-state index contributed by atoms with van der Waals surface area (Å²) in [5, 5.41) is 0.763. The van der Waals surface area contributed by atoms with E-state index >= 15 is 0 Å². The van der Waals surface area contributed by atoms with E-state index in [9.17, 15) is 9.59 Å². The van der Waals surface area contributed by atoms with E-state index in [0.29, 0.717) is 29.3 Å². The van der Waals surface area contributed by atoms with Crippen molar-refractivity contribution >= 4 is 16.9 Å². The number of fused-ring (bicyclic) bond motifs is 1. The molecule has 158 valence electrons. The quantitative estimate of drug-likeness (QED) is 0.716. The lowest BCUT2D eigenvalue weighted by molar-refractivity contribution is 0.0784. The fourth-order valence-corrected chi connectivity index (χ4v) is 4.18. The van der Waals surface area contributed by atoms with Crippen molar-refractivity contribution in [2.45, 2.75) is 38.6 Å². The predicted octanol–water partition coefficient (Wildman–Crippen LogP) is 3.86. The average molecular weight is 408 g/mol. The van der Waals surface area contributed by atoms with Crippen LogP contribution in [0.3, 0.4) is 0 Å². The first kappa shape index (κ1) is 20.4. The number of hydrogen-bond acceptors (Lipinski definition) is 4. The number of nitrogens with zero attached hydrogens (tertiary/aromatic N) is 2. The van der Waals surface area contributed by atoms with Crippen LogP contribution in [0, 0.1) is 0 Å². The van der Waals surface area contributed by atoms with Gasteiger partial charge in [0.25, 0.3) is 11.5 Å². The zero-order chi connectivity index (χ0) is 21.6. The number of rotatable bonds is 3. The van der Waals surface area contributed by atoms with E-state index < -0.39 is 0 Å². The molecule has 1 amide bonds. The van der Waals surface area contributed by atoms with Gasteiger partial charge in [-0.15, -0.1) is 0 Å². The van der Waals surface area contributed by atoms with Crippen molar-refractivity contribution < 1.29 is 9.21 Å². The molecular weight excluding hydrogens is 378 g/mol. The number of carbonyl (C=O) groups is 1. The summed E-state index contributed by atoms with van der Waals surface area (Å²) in [4.78, 5) is 32.6. The molecule has 1 fully saturated rings. The van der Waals surface area contributed by atoms with Gasteiger partial charge in [0, 0.05) is 41.8 Å². The van der Waals surface area contributed by atoms with Crippen LogP contribution in [0.1, 0.15) is 43.1 Å². The molecule has 1 saturated heterocycles. The Hall–Kier alpha value is -2.86. The van der Waals surface area contributed by atoms with Gasteiger partial charge in [-0.05, 0) is 55.8 Å². The maximum atomic E-state index is 13.3. The van der Waals surface area contributed by atoms with Gasteiger partial charge in [0.05, 0.1) is 5.56 Å². The molecule has 0 radical (unpaired) electrons. The van der Waals surface area contributed by atoms with Crippen LogP contribution in [-0.2, 0) is 5.41 Å². The monoisotopic (exact) mass is 407 g/mol. The number of aromatic nitrogens is 1. The summed E-state index contributed by atoms with van der Waals surface area (Å²) >= 11 is 0. The Morgan fingerprint density at radius 1 is 1.27 bits per heavy atom. The molecular formula is C24H29N3O3. The van der Waals surface area contributed by atoms with E-state index in [1.54, 1.807) is 18.5 Å². The molecule has 3 heterocycles. The van der Waals surface area contributed by atoms with Gasteiger partial charge in [-0.3, -0.25) is 9.59 Å². The smallest absolute Gasteiger partial charge is 0.257 e. The van der Waals surface area contributed by atoms with E-state index in [1.165, 1.54) is 0 Å². The van der Waals surface area contributed by atoms with Crippen LogP contribution in [0.5, 0.6) is 0 Å². The van der Waals surface area contributed by atoms with Gasteiger partial charge in [-0.2, -0.15) is 0 Å². The third-order valence-electron chi connectivity index (χ3n) is 6.02. The van der Waals surface area contributed by atoms with Crippen molar-refractivity contribution in [3.8, 4) is 11.1 Å². The first-order chi connectivity index (χ1) is 14.2. The molecule has 1 unspecified atom stereocenters. The van der Waals surface area contributed by atoms with Gasteiger partial charge < -0.3 is 19.2 Å². The Morgan fingerprint density at radius 2 is 2.03 bits per heavy atom. The Morgan fingerprint density at radius 3 is 2.67 bits per heavy atom. The molecule has 1 aromatic carbocycles. The number of benzene rings is 1. The average Bonchev–Trinajstić information content (AvgIpc) is 3.34. The summed E-state index contributed by atoms with van der Waals surface area (Å²) in [5.41, 5.74) is 3.26. The van der Waals surface area contributed by atoms with Crippen LogP contribution in [0.4, 0.5) is 0 Å². The van der Waals surface area contributed by atoms with E-state index in [2.05, 4.69) is 30.7 Å². The topological polar surface area (TPSA) is 69.5 Å². The number of likely N-dealkylation sites (N-methyl/N-ethyl adjacent to an activating group) is 1. The van der Waals surface area contributed by atoms with Crippen LogP contribution in [0.2, 0.25) is 0 Å². The second kappa shape index (κ2) is 7.43. The lowest BCUT2D eigenvalue weighted by atomic mass is 9.84. The second-order valence-corrected chi connectivity index (χ2v) is 9.37.